The number of rotatable bonds is 3. The van der Waals surface area contributed by atoms with Crippen LogP contribution in [0.5, 0.6) is 0 Å². The summed E-state index contributed by atoms with van der Waals surface area (Å²) in [6.07, 6.45) is 2.00. The van der Waals surface area contributed by atoms with Crippen molar-refractivity contribution in [2.45, 2.75) is 25.7 Å². The summed E-state index contributed by atoms with van der Waals surface area (Å²) in [5, 5.41) is 18.2. The molecule has 7 heteroatoms. The van der Waals surface area contributed by atoms with E-state index in [9.17, 15) is 10.1 Å². The Morgan fingerprint density at radius 1 is 1.38 bits per heavy atom. The van der Waals surface area contributed by atoms with E-state index in [0.717, 1.165) is 31.8 Å². The van der Waals surface area contributed by atoms with Crippen molar-refractivity contribution in [3.05, 3.63) is 39.7 Å². The van der Waals surface area contributed by atoms with Gasteiger partial charge in [0.05, 0.1) is 4.92 Å². The Labute approximate surface area is 121 Å². The van der Waals surface area contributed by atoms with Crippen molar-refractivity contribution >= 4 is 5.69 Å². The SMILES string of the molecule is Cc1cc(-c2nc(C3CCNCC3)no2)ccc1[N+](=O)[O-]. The van der Waals surface area contributed by atoms with Gasteiger partial charge < -0.3 is 9.84 Å². The lowest BCUT2D eigenvalue weighted by atomic mass is 9.98. The first-order chi connectivity index (χ1) is 10.1. The van der Waals surface area contributed by atoms with Crippen LogP contribution in [0.25, 0.3) is 11.5 Å². The summed E-state index contributed by atoms with van der Waals surface area (Å²) in [5.74, 6) is 1.46. The highest BCUT2D eigenvalue weighted by atomic mass is 16.6. The van der Waals surface area contributed by atoms with Crippen LogP contribution >= 0.6 is 0 Å². The molecule has 0 spiro atoms. The summed E-state index contributed by atoms with van der Waals surface area (Å²) in [7, 11) is 0. The lowest BCUT2D eigenvalue weighted by Crippen LogP contribution is -2.27. The van der Waals surface area contributed by atoms with E-state index < -0.39 is 4.92 Å². The zero-order valence-corrected chi connectivity index (χ0v) is 11.7. The third kappa shape index (κ3) is 2.78. The van der Waals surface area contributed by atoms with Crippen LogP contribution in [0.4, 0.5) is 5.69 Å². The van der Waals surface area contributed by atoms with E-state index in [2.05, 4.69) is 15.5 Å². The maximum atomic E-state index is 10.8. The minimum atomic E-state index is -0.395. The summed E-state index contributed by atoms with van der Waals surface area (Å²) >= 11 is 0. The van der Waals surface area contributed by atoms with Gasteiger partial charge in [0.15, 0.2) is 5.82 Å². The molecule has 2 aromatic rings. The van der Waals surface area contributed by atoms with Crippen LogP contribution in [0.3, 0.4) is 0 Å². The van der Waals surface area contributed by atoms with E-state index >= 15 is 0 Å². The third-order valence-corrected chi connectivity index (χ3v) is 3.79. The van der Waals surface area contributed by atoms with Crippen LogP contribution in [0.2, 0.25) is 0 Å². The zero-order valence-electron chi connectivity index (χ0n) is 11.7. The van der Waals surface area contributed by atoms with Crippen molar-refractivity contribution in [1.29, 1.82) is 0 Å². The van der Waals surface area contributed by atoms with E-state index in [1.807, 2.05) is 0 Å². The molecule has 0 saturated carbocycles. The normalized spacial score (nSPS) is 16.0. The molecular formula is C14H16N4O3. The predicted octanol–water partition coefficient (Wildman–Crippen LogP) is 2.42. The van der Waals surface area contributed by atoms with Crippen molar-refractivity contribution in [3.63, 3.8) is 0 Å². The van der Waals surface area contributed by atoms with Crippen LogP contribution < -0.4 is 5.32 Å². The summed E-state index contributed by atoms with van der Waals surface area (Å²) < 4.78 is 5.31. The molecule has 1 aliphatic heterocycles. The van der Waals surface area contributed by atoms with Crippen molar-refractivity contribution in [1.82, 2.24) is 15.5 Å². The second-order valence-corrected chi connectivity index (χ2v) is 5.24. The topological polar surface area (TPSA) is 94.1 Å². The first kappa shape index (κ1) is 13.7. The quantitative estimate of drug-likeness (QED) is 0.688. The van der Waals surface area contributed by atoms with Crippen LogP contribution in [0.1, 0.15) is 30.1 Å². The molecule has 1 aliphatic rings. The Balaban J connectivity index is 1.85. The maximum absolute atomic E-state index is 10.8. The lowest BCUT2D eigenvalue weighted by molar-refractivity contribution is -0.385. The fraction of sp³-hybridized carbons (Fsp3) is 0.429. The Kier molecular flexibility index (Phi) is 3.66. The number of nitrogens with zero attached hydrogens (tertiary/aromatic N) is 3. The first-order valence-corrected chi connectivity index (χ1v) is 6.95. The van der Waals surface area contributed by atoms with Gasteiger partial charge in [-0.2, -0.15) is 4.98 Å². The molecule has 21 heavy (non-hydrogen) atoms. The minimum Gasteiger partial charge on any atom is -0.334 e. The second-order valence-electron chi connectivity index (χ2n) is 5.24. The van der Waals surface area contributed by atoms with Crippen molar-refractivity contribution in [2.75, 3.05) is 13.1 Å². The second kappa shape index (κ2) is 5.61. The van der Waals surface area contributed by atoms with Gasteiger partial charge in [-0.15, -0.1) is 0 Å². The molecule has 2 heterocycles. The molecule has 0 aliphatic carbocycles. The van der Waals surface area contributed by atoms with Gasteiger partial charge >= 0.3 is 0 Å². The molecule has 110 valence electrons. The average Bonchev–Trinajstić information content (AvgIpc) is 2.97. The van der Waals surface area contributed by atoms with Gasteiger partial charge in [-0.25, -0.2) is 0 Å². The first-order valence-electron chi connectivity index (χ1n) is 6.95. The number of aromatic nitrogens is 2. The number of aryl methyl sites for hydroxylation is 1. The smallest absolute Gasteiger partial charge is 0.272 e. The van der Waals surface area contributed by atoms with Gasteiger partial charge in [-0.1, -0.05) is 5.16 Å². The molecular weight excluding hydrogens is 272 g/mol. The monoisotopic (exact) mass is 288 g/mol. The average molecular weight is 288 g/mol. The molecule has 0 amide bonds. The minimum absolute atomic E-state index is 0.0943. The Hall–Kier alpha value is -2.28. The fourth-order valence-electron chi connectivity index (χ4n) is 2.59. The molecule has 1 N–H and O–H groups in total. The number of hydrogen-bond donors (Lipinski definition) is 1. The molecule has 0 unspecified atom stereocenters. The van der Waals surface area contributed by atoms with Gasteiger partial charge in [0.25, 0.3) is 11.6 Å². The number of piperidine rings is 1. The van der Waals surface area contributed by atoms with E-state index in [-0.39, 0.29) is 5.69 Å². The van der Waals surface area contributed by atoms with Crippen LogP contribution in [-0.2, 0) is 0 Å². The Bertz CT molecular complexity index is 662. The number of hydrogen-bond acceptors (Lipinski definition) is 6. The molecule has 0 radical (unpaired) electrons. The third-order valence-electron chi connectivity index (χ3n) is 3.79. The zero-order chi connectivity index (χ0) is 14.8. The van der Waals surface area contributed by atoms with Crippen molar-refractivity contribution < 1.29 is 9.45 Å². The fourth-order valence-corrected chi connectivity index (χ4v) is 2.59. The largest absolute Gasteiger partial charge is 0.334 e. The van der Waals surface area contributed by atoms with E-state index in [4.69, 9.17) is 4.52 Å². The maximum Gasteiger partial charge on any atom is 0.272 e. The summed E-state index contributed by atoms with van der Waals surface area (Å²) in [4.78, 5) is 14.9. The van der Waals surface area contributed by atoms with Crippen LogP contribution in [0, 0.1) is 17.0 Å². The van der Waals surface area contributed by atoms with Crippen LogP contribution in [-0.4, -0.2) is 28.2 Å². The highest BCUT2D eigenvalue weighted by molar-refractivity contribution is 5.58. The lowest BCUT2D eigenvalue weighted by Gasteiger charge is -2.18. The highest BCUT2D eigenvalue weighted by Gasteiger charge is 2.21. The van der Waals surface area contributed by atoms with Crippen molar-refractivity contribution in [3.8, 4) is 11.5 Å². The van der Waals surface area contributed by atoms with Gasteiger partial charge in [0.2, 0.25) is 0 Å². The molecule has 1 fully saturated rings. The highest BCUT2D eigenvalue weighted by Crippen LogP contribution is 2.28. The summed E-state index contributed by atoms with van der Waals surface area (Å²) in [5.41, 5.74) is 1.39. The molecule has 7 nitrogen and oxygen atoms in total. The van der Waals surface area contributed by atoms with E-state index in [1.165, 1.54) is 6.07 Å². The summed E-state index contributed by atoms with van der Waals surface area (Å²) in [6, 6.07) is 4.82. The summed E-state index contributed by atoms with van der Waals surface area (Å²) in [6.45, 7) is 3.63. The molecule has 3 rings (SSSR count). The van der Waals surface area contributed by atoms with Gasteiger partial charge in [0.1, 0.15) is 0 Å². The number of nitrogens with one attached hydrogen (secondary N) is 1. The molecule has 1 aromatic heterocycles. The van der Waals surface area contributed by atoms with Gasteiger partial charge in [-0.3, -0.25) is 10.1 Å². The Morgan fingerprint density at radius 2 is 2.14 bits per heavy atom. The van der Waals surface area contributed by atoms with Gasteiger partial charge in [-0.05, 0) is 45.0 Å². The standard InChI is InChI=1S/C14H16N4O3/c1-9-8-11(2-3-12(9)18(19)20)14-16-13(17-21-14)10-4-6-15-7-5-10/h2-3,8,10,15H,4-7H2,1H3. The molecule has 0 bridgehead atoms. The molecule has 1 saturated heterocycles. The molecule has 0 atom stereocenters. The predicted molar refractivity (Wildman–Crippen MR) is 76.0 cm³/mol. The number of benzene rings is 1. The number of nitro benzene ring substituents is 1. The van der Waals surface area contributed by atoms with Crippen molar-refractivity contribution in [2.24, 2.45) is 0 Å². The van der Waals surface area contributed by atoms with Crippen LogP contribution in [0.15, 0.2) is 22.7 Å². The van der Waals surface area contributed by atoms with E-state index in [0.29, 0.717) is 22.9 Å². The Morgan fingerprint density at radius 3 is 2.81 bits per heavy atom. The van der Waals surface area contributed by atoms with Gasteiger partial charge in [0, 0.05) is 23.1 Å². The number of nitro groups is 1. The molecule has 1 aromatic carbocycles. The van der Waals surface area contributed by atoms with E-state index in [1.54, 1.807) is 19.1 Å².